The van der Waals surface area contributed by atoms with E-state index in [2.05, 4.69) is 4.98 Å². The van der Waals surface area contributed by atoms with E-state index < -0.39 is 6.10 Å². The number of pyridine rings is 1. The molecule has 0 aliphatic heterocycles. The van der Waals surface area contributed by atoms with Gasteiger partial charge in [0.15, 0.2) is 0 Å². The Labute approximate surface area is 104 Å². The third kappa shape index (κ3) is 2.62. The van der Waals surface area contributed by atoms with Gasteiger partial charge in [-0.1, -0.05) is 17.7 Å². The number of aliphatic hydroxyl groups is 1. The number of rotatable bonds is 2. The average molecular weight is 252 g/mol. The number of nitrogens with zero attached hydrogens (tertiary/aromatic N) is 1. The number of hydrogen-bond donors (Lipinski definition) is 1. The molecule has 0 aliphatic rings. The summed E-state index contributed by atoms with van der Waals surface area (Å²) in [6, 6.07) is 7.55. The van der Waals surface area contributed by atoms with Crippen LogP contribution in [0.25, 0.3) is 0 Å². The second kappa shape index (κ2) is 4.82. The number of benzene rings is 1. The summed E-state index contributed by atoms with van der Waals surface area (Å²) in [4.78, 5) is 3.84. The van der Waals surface area contributed by atoms with Crippen LogP contribution < -0.4 is 0 Å². The smallest absolute Gasteiger partial charge is 0.129 e. The van der Waals surface area contributed by atoms with Crippen molar-refractivity contribution in [2.75, 3.05) is 0 Å². The molecule has 4 heteroatoms. The molecular weight excluding hydrogens is 241 g/mol. The molecule has 2 nitrogen and oxygen atoms in total. The molecule has 2 aromatic rings. The summed E-state index contributed by atoms with van der Waals surface area (Å²) in [6.07, 6.45) is 0.612. The van der Waals surface area contributed by atoms with Crippen molar-refractivity contribution < 1.29 is 9.50 Å². The van der Waals surface area contributed by atoms with Gasteiger partial charge in [0.05, 0.1) is 0 Å². The molecule has 0 saturated heterocycles. The number of aryl methyl sites for hydroxylation is 1. The van der Waals surface area contributed by atoms with E-state index in [1.54, 1.807) is 18.2 Å². The molecule has 0 spiro atoms. The fourth-order valence-corrected chi connectivity index (χ4v) is 1.86. The predicted molar refractivity (Wildman–Crippen MR) is 64.4 cm³/mol. The lowest BCUT2D eigenvalue weighted by molar-refractivity contribution is 0.219. The molecule has 0 saturated carbocycles. The van der Waals surface area contributed by atoms with E-state index in [-0.39, 0.29) is 5.82 Å². The van der Waals surface area contributed by atoms with Crippen molar-refractivity contribution in [1.29, 1.82) is 0 Å². The molecular formula is C13H11ClFNO. The number of hydrogen-bond acceptors (Lipinski definition) is 2. The maximum atomic E-state index is 13.2. The Balaban J connectivity index is 2.43. The quantitative estimate of drug-likeness (QED) is 0.831. The molecule has 1 aromatic heterocycles. The van der Waals surface area contributed by atoms with E-state index in [4.69, 9.17) is 11.6 Å². The Morgan fingerprint density at radius 2 is 2.06 bits per heavy atom. The summed E-state index contributed by atoms with van der Waals surface area (Å²) >= 11 is 5.75. The van der Waals surface area contributed by atoms with Gasteiger partial charge in [-0.2, -0.15) is 0 Å². The van der Waals surface area contributed by atoms with Gasteiger partial charge in [-0.05, 0) is 47.9 Å². The first-order valence-electron chi connectivity index (χ1n) is 5.13. The van der Waals surface area contributed by atoms with Crippen LogP contribution in [0, 0.1) is 12.7 Å². The molecule has 0 amide bonds. The zero-order chi connectivity index (χ0) is 12.4. The molecule has 1 N–H and O–H groups in total. The topological polar surface area (TPSA) is 33.1 Å². The van der Waals surface area contributed by atoms with Gasteiger partial charge >= 0.3 is 0 Å². The second-order valence-corrected chi connectivity index (χ2v) is 4.20. The van der Waals surface area contributed by atoms with E-state index in [9.17, 15) is 9.50 Å². The molecule has 0 fully saturated rings. The number of aromatic nitrogens is 1. The SMILES string of the molecule is Cc1ccc(F)cc1C(O)c1ccnc(Cl)c1. The first-order valence-corrected chi connectivity index (χ1v) is 5.51. The summed E-state index contributed by atoms with van der Waals surface area (Å²) in [6.45, 7) is 1.82. The van der Waals surface area contributed by atoms with Gasteiger partial charge in [0.2, 0.25) is 0 Å². The first-order chi connectivity index (χ1) is 8.08. The summed E-state index contributed by atoms with van der Waals surface area (Å²) in [5, 5.41) is 10.5. The minimum absolute atomic E-state index is 0.301. The van der Waals surface area contributed by atoms with E-state index in [0.717, 1.165) is 5.56 Å². The first kappa shape index (κ1) is 12.0. The molecule has 1 atom stereocenters. The lowest BCUT2D eigenvalue weighted by Gasteiger charge is -2.14. The minimum Gasteiger partial charge on any atom is -0.384 e. The molecule has 1 aromatic carbocycles. The van der Waals surface area contributed by atoms with E-state index in [0.29, 0.717) is 16.3 Å². The molecule has 2 rings (SSSR count). The largest absolute Gasteiger partial charge is 0.384 e. The van der Waals surface area contributed by atoms with Gasteiger partial charge in [-0.15, -0.1) is 0 Å². The van der Waals surface area contributed by atoms with Gasteiger partial charge < -0.3 is 5.11 Å². The van der Waals surface area contributed by atoms with Crippen LogP contribution in [-0.2, 0) is 0 Å². The van der Waals surface area contributed by atoms with Crippen LogP contribution >= 0.6 is 11.6 Å². The fraction of sp³-hybridized carbons (Fsp3) is 0.154. The van der Waals surface area contributed by atoms with Crippen LogP contribution in [0.2, 0.25) is 5.15 Å². The van der Waals surface area contributed by atoms with E-state index in [1.807, 2.05) is 6.92 Å². The Morgan fingerprint density at radius 3 is 2.76 bits per heavy atom. The van der Waals surface area contributed by atoms with Crippen LogP contribution in [0.4, 0.5) is 4.39 Å². The highest BCUT2D eigenvalue weighted by Gasteiger charge is 2.14. The Bertz CT molecular complexity index is 545. The Kier molecular flexibility index (Phi) is 3.41. The van der Waals surface area contributed by atoms with Crippen LogP contribution in [0.15, 0.2) is 36.5 Å². The number of halogens is 2. The predicted octanol–water partition coefficient (Wildman–Crippen LogP) is 3.26. The van der Waals surface area contributed by atoms with Crippen LogP contribution in [0.5, 0.6) is 0 Å². The van der Waals surface area contributed by atoms with Gasteiger partial charge in [0.1, 0.15) is 17.1 Å². The lowest BCUT2D eigenvalue weighted by Crippen LogP contribution is -2.03. The van der Waals surface area contributed by atoms with Gasteiger partial charge in [-0.3, -0.25) is 0 Å². The molecule has 1 heterocycles. The van der Waals surface area contributed by atoms with Crippen LogP contribution in [0.1, 0.15) is 22.8 Å². The monoisotopic (exact) mass is 251 g/mol. The molecule has 1 unspecified atom stereocenters. The molecule has 0 radical (unpaired) electrons. The summed E-state index contributed by atoms with van der Waals surface area (Å²) < 4.78 is 13.2. The van der Waals surface area contributed by atoms with Crippen molar-refractivity contribution in [2.24, 2.45) is 0 Å². The highest BCUT2D eigenvalue weighted by Crippen LogP contribution is 2.26. The van der Waals surface area contributed by atoms with E-state index in [1.165, 1.54) is 18.3 Å². The van der Waals surface area contributed by atoms with Gasteiger partial charge in [-0.25, -0.2) is 9.37 Å². The minimum atomic E-state index is -0.897. The summed E-state index contributed by atoms with van der Waals surface area (Å²) in [5.41, 5.74) is 1.96. The maximum absolute atomic E-state index is 13.2. The van der Waals surface area contributed by atoms with E-state index >= 15 is 0 Å². The zero-order valence-corrected chi connectivity index (χ0v) is 9.95. The molecule has 17 heavy (non-hydrogen) atoms. The second-order valence-electron chi connectivity index (χ2n) is 3.82. The van der Waals surface area contributed by atoms with Crippen LogP contribution in [-0.4, -0.2) is 10.1 Å². The summed E-state index contributed by atoms with van der Waals surface area (Å²) in [7, 11) is 0. The zero-order valence-electron chi connectivity index (χ0n) is 9.19. The average Bonchev–Trinajstić information content (AvgIpc) is 2.31. The van der Waals surface area contributed by atoms with Gasteiger partial charge in [0.25, 0.3) is 0 Å². The van der Waals surface area contributed by atoms with Crippen molar-refractivity contribution in [1.82, 2.24) is 4.98 Å². The van der Waals surface area contributed by atoms with Crippen LogP contribution in [0.3, 0.4) is 0 Å². The van der Waals surface area contributed by atoms with Crippen molar-refractivity contribution in [3.05, 3.63) is 64.2 Å². The third-order valence-electron chi connectivity index (χ3n) is 2.60. The highest BCUT2D eigenvalue weighted by atomic mass is 35.5. The molecule has 88 valence electrons. The normalized spacial score (nSPS) is 12.5. The van der Waals surface area contributed by atoms with Crippen molar-refractivity contribution in [3.63, 3.8) is 0 Å². The Hall–Kier alpha value is -1.45. The summed E-state index contributed by atoms with van der Waals surface area (Å²) in [5.74, 6) is -0.371. The third-order valence-corrected chi connectivity index (χ3v) is 2.81. The highest BCUT2D eigenvalue weighted by molar-refractivity contribution is 6.29. The lowest BCUT2D eigenvalue weighted by atomic mass is 9.98. The molecule has 0 aliphatic carbocycles. The standard InChI is InChI=1S/C13H11ClFNO/c1-8-2-3-10(15)7-11(8)13(17)9-4-5-16-12(14)6-9/h2-7,13,17H,1H3. The van der Waals surface area contributed by atoms with Crippen molar-refractivity contribution >= 4 is 11.6 Å². The Morgan fingerprint density at radius 1 is 1.29 bits per heavy atom. The number of aliphatic hydroxyl groups excluding tert-OH is 1. The van der Waals surface area contributed by atoms with Gasteiger partial charge in [0, 0.05) is 6.20 Å². The van der Waals surface area contributed by atoms with Crippen molar-refractivity contribution in [3.8, 4) is 0 Å². The molecule has 0 bridgehead atoms. The fourth-order valence-electron chi connectivity index (χ4n) is 1.67. The van der Waals surface area contributed by atoms with Crippen molar-refractivity contribution in [2.45, 2.75) is 13.0 Å². The maximum Gasteiger partial charge on any atom is 0.129 e.